The molecule has 0 bridgehead atoms. The molecule has 0 radical (unpaired) electrons. The molecule has 2 amide bonds. The van der Waals surface area contributed by atoms with Crippen molar-refractivity contribution >= 4 is 23.3 Å². The molecule has 1 aromatic carbocycles. The van der Waals surface area contributed by atoms with E-state index < -0.39 is 0 Å². The molecule has 2 heterocycles. The van der Waals surface area contributed by atoms with Crippen LogP contribution in [-0.2, 0) is 0 Å². The standard InChI is InChI=1S/C17H18ClFN4O/c18-12-8-20-23(9-12)14-5-6-22(10-14)17(24)21-13-3-4-16(19)15(7-13)11-1-2-11/h3-4,7-9,11,14H,1-2,5-6,10H2,(H,21,24). The number of nitrogens with one attached hydrogen (secondary N) is 1. The van der Waals surface area contributed by atoms with E-state index in [4.69, 9.17) is 11.6 Å². The van der Waals surface area contributed by atoms with E-state index >= 15 is 0 Å². The van der Waals surface area contributed by atoms with Crippen molar-refractivity contribution in [3.63, 3.8) is 0 Å². The maximum Gasteiger partial charge on any atom is 0.321 e. The summed E-state index contributed by atoms with van der Waals surface area (Å²) in [5, 5.41) is 7.68. The van der Waals surface area contributed by atoms with Crippen LogP contribution in [0.4, 0.5) is 14.9 Å². The highest BCUT2D eigenvalue weighted by Gasteiger charge is 2.29. The molecule has 1 aliphatic heterocycles. The SMILES string of the molecule is O=C(Nc1ccc(F)c(C2CC2)c1)N1CCC(n2cc(Cl)cn2)C1. The number of hydrogen-bond donors (Lipinski definition) is 1. The highest BCUT2D eigenvalue weighted by atomic mass is 35.5. The molecule has 1 saturated heterocycles. The molecular formula is C17H18ClFN4O. The quantitative estimate of drug-likeness (QED) is 0.910. The summed E-state index contributed by atoms with van der Waals surface area (Å²) in [4.78, 5) is 14.2. The largest absolute Gasteiger partial charge is 0.322 e. The summed E-state index contributed by atoms with van der Waals surface area (Å²) in [6.07, 6.45) is 6.25. The first kappa shape index (κ1) is 15.4. The molecule has 2 fully saturated rings. The fraction of sp³-hybridized carbons (Fsp3) is 0.412. The van der Waals surface area contributed by atoms with Gasteiger partial charge in [-0.3, -0.25) is 4.68 Å². The Morgan fingerprint density at radius 1 is 1.33 bits per heavy atom. The van der Waals surface area contributed by atoms with E-state index in [0.29, 0.717) is 35.3 Å². The molecule has 7 heteroatoms. The number of benzene rings is 1. The van der Waals surface area contributed by atoms with E-state index in [2.05, 4.69) is 10.4 Å². The van der Waals surface area contributed by atoms with Gasteiger partial charge >= 0.3 is 6.03 Å². The van der Waals surface area contributed by atoms with Crippen molar-refractivity contribution in [3.8, 4) is 0 Å². The Labute approximate surface area is 144 Å². The second kappa shape index (κ2) is 6.09. The normalized spacial score (nSPS) is 20.4. The van der Waals surface area contributed by atoms with Gasteiger partial charge in [-0.25, -0.2) is 9.18 Å². The van der Waals surface area contributed by atoms with E-state index in [-0.39, 0.29) is 17.9 Å². The Morgan fingerprint density at radius 2 is 2.17 bits per heavy atom. The lowest BCUT2D eigenvalue weighted by molar-refractivity contribution is 0.220. The third kappa shape index (κ3) is 3.11. The zero-order valence-corrected chi connectivity index (χ0v) is 13.8. The Balaban J connectivity index is 1.41. The fourth-order valence-electron chi connectivity index (χ4n) is 3.19. The molecule has 126 valence electrons. The summed E-state index contributed by atoms with van der Waals surface area (Å²) in [7, 11) is 0. The highest BCUT2D eigenvalue weighted by molar-refractivity contribution is 6.30. The fourth-order valence-corrected chi connectivity index (χ4v) is 3.33. The average molecular weight is 349 g/mol. The number of halogens is 2. The van der Waals surface area contributed by atoms with Gasteiger partial charge in [0.1, 0.15) is 5.82 Å². The van der Waals surface area contributed by atoms with Gasteiger partial charge in [-0.2, -0.15) is 5.10 Å². The smallest absolute Gasteiger partial charge is 0.321 e. The number of likely N-dealkylation sites (tertiary alicyclic amines) is 1. The van der Waals surface area contributed by atoms with Crippen LogP contribution in [0.5, 0.6) is 0 Å². The van der Waals surface area contributed by atoms with Gasteiger partial charge in [0.05, 0.1) is 17.3 Å². The Morgan fingerprint density at radius 3 is 2.88 bits per heavy atom. The first-order chi connectivity index (χ1) is 11.6. The number of aromatic nitrogens is 2. The van der Waals surface area contributed by atoms with Crippen molar-refractivity contribution < 1.29 is 9.18 Å². The number of carbonyl (C=O) groups excluding carboxylic acids is 1. The van der Waals surface area contributed by atoms with Gasteiger partial charge in [0.2, 0.25) is 0 Å². The minimum Gasteiger partial charge on any atom is -0.322 e. The van der Waals surface area contributed by atoms with Crippen LogP contribution in [0.3, 0.4) is 0 Å². The number of urea groups is 1. The first-order valence-electron chi connectivity index (χ1n) is 8.15. The third-order valence-corrected chi connectivity index (χ3v) is 4.85. The van der Waals surface area contributed by atoms with Crippen LogP contribution < -0.4 is 5.32 Å². The highest BCUT2D eigenvalue weighted by Crippen LogP contribution is 2.42. The predicted octanol–water partition coefficient (Wildman–Crippen LogP) is 4.03. The molecule has 0 spiro atoms. The van der Waals surface area contributed by atoms with Crippen LogP contribution >= 0.6 is 11.6 Å². The zero-order chi connectivity index (χ0) is 16.7. The topological polar surface area (TPSA) is 50.2 Å². The van der Waals surface area contributed by atoms with Gasteiger partial charge in [-0.15, -0.1) is 0 Å². The lowest BCUT2D eigenvalue weighted by Gasteiger charge is -2.18. The van der Waals surface area contributed by atoms with Crippen LogP contribution in [0, 0.1) is 5.82 Å². The van der Waals surface area contributed by atoms with E-state index in [1.165, 1.54) is 6.07 Å². The molecular weight excluding hydrogens is 331 g/mol. The Bertz CT molecular complexity index is 774. The average Bonchev–Trinajstić information content (AvgIpc) is 3.11. The summed E-state index contributed by atoms with van der Waals surface area (Å²) in [6.45, 7) is 1.24. The molecule has 4 rings (SSSR count). The van der Waals surface area contributed by atoms with Crippen molar-refractivity contribution in [2.45, 2.75) is 31.2 Å². The van der Waals surface area contributed by atoms with Crippen LogP contribution in [-0.4, -0.2) is 33.8 Å². The molecule has 1 N–H and O–H groups in total. The Hall–Kier alpha value is -2.08. The van der Waals surface area contributed by atoms with Crippen molar-refractivity contribution in [2.75, 3.05) is 18.4 Å². The molecule has 2 aliphatic rings. The number of hydrogen-bond acceptors (Lipinski definition) is 2. The van der Waals surface area contributed by atoms with Crippen molar-refractivity contribution in [1.29, 1.82) is 0 Å². The molecule has 1 aromatic heterocycles. The van der Waals surface area contributed by atoms with Crippen LogP contribution in [0.25, 0.3) is 0 Å². The maximum absolute atomic E-state index is 13.8. The van der Waals surface area contributed by atoms with Gasteiger partial charge in [0.15, 0.2) is 0 Å². The number of nitrogens with zero attached hydrogens (tertiary/aromatic N) is 3. The van der Waals surface area contributed by atoms with Gasteiger partial charge in [-0.1, -0.05) is 11.6 Å². The summed E-state index contributed by atoms with van der Waals surface area (Å²) in [5.74, 6) is 0.120. The van der Waals surface area contributed by atoms with Crippen LogP contribution in [0.2, 0.25) is 5.02 Å². The maximum atomic E-state index is 13.8. The van der Waals surface area contributed by atoms with E-state index in [1.807, 2.05) is 0 Å². The second-order valence-corrected chi connectivity index (χ2v) is 6.90. The second-order valence-electron chi connectivity index (χ2n) is 6.47. The molecule has 2 aromatic rings. The number of rotatable bonds is 3. The summed E-state index contributed by atoms with van der Waals surface area (Å²) in [5.41, 5.74) is 1.35. The van der Waals surface area contributed by atoms with Crippen molar-refractivity contribution in [3.05, 3.63) is 47.0 Å². The first-order valence-corrected chi connectivity index (χ1v) is 8.53. The Kier molecular flexibility index (Phi) is 3.92. The predicted molar refractivity (Wildman–Crippen MR) is 89.9 cm³/mol. The zero-order valence-electron chi connectivity index (χ0n) is 13.1. The van der Waals surface area contributed by atoms with Gasteiger partial charge in [-0.05, 0) is 48.9 Å². The monoisotopic (exact) mass is 348 g/mol. The van der Waals surface area contributed by atoms with Gasteiger partial charge in [0, 0.05) is 25.0 Å². The molecule has 1 saturated carbocycles. The van der Waals surface area contributed by atoms with Gasteiger partial charge < -0.3 is 10.2 Å². The lowest BCUT2D eigenvalue weighted by atomic mass is 10.1. The molecule has 1 aliphatic carbocycles. The number of amides is 2. The third-order valence-electron chi connectivity index (χ3n) is 4.66. The minimum absolute atomic E-state index is 0.137. The van der Waals surface area contributed by atoms with E-state index in [9.17, 15) is 9.18 Å². The number of carbonyl (C=O) groups is 1. The summed E-state index contributed by atoms with van der Waals surface area (Å²) in [6, 6.07) is 4.77. The molecule has 1 unspecified atom stereocenters. The van der Waals surface area contributed by atoms with E-state index in [0.717, 1.165) is 19.3 Å². The van der Waals surface area contributed by atoms with E-state index in [1.54, 1.807) is 34.1 Å². The minimum atomic E-state index is -0.188. The van der Waals surface area contributed by atoms with Crippen molar-refractivity contribution in [1.82, 2.24) is 14.7 Å². The van der Waals surface area contributed by atoms with Crippen LogP contribution in [0.15, 0.2) is 30.6 Å². The molecule has 24 heavy (non-hydrogen) atoms. The molecule has 1 atom stereocenters. The van der Waals surface area contributed by atoms with Crippen molar-refractivity contribution in [2.24, 2.45) is 0 Å². The number of anilines is 1. The van der Waals surface area contributed by atoms with Gasteiger partial charge in [0.25, 0.3) is 0 Å². The molecule has 5 nitrogen and oxygen atoms in total. The lowest BCUT2D eigenvalue weighted by Crippen LogP contribution is -2.33. The summed E-state index contributed by atoms with van der Waals surface area (Å²) >= 11 is 5.90. The summed E-state index contributed by atoms with van der Waals surface area (Å²) < 4.78 is 15.6. The van der Waals surface area contributed by atoms with Crippen LogP contribution in [0.1, 0.15) is 36.8 Å².